The Morgan fingerprint density at radius 3 is 2.76 bits per heavy atom. The van der Waals surface area contributed by atoms with E-state index in [9.17, 15) is 4.57 Å². The van der Waals surface area contributed by atoms with Gasteiger partial charge in [-0.3, -0.25) is 4.52 Å². The Labute approximate surface area is 198 Å². The second-order valence-electron chi connectivity index (χ2n) is 8.85. The predicted molar refractivity (Wildman–Crippen MR) is 132 cm³/mol. The first-order chi connectivity index (χ1) is 16.4. The highest BCUT2D eigenvalue weighted by Gasteiger charge is 2.35. The van der Waals surface area contributed by atoms with Crippen molar-refractivity contribution in [2.75, 3.05) is 11.1 Å². The van der Waals surface area contributed by atoms with Gasteiger partial charge in [-0.1, -0.05) is 37.3 Å². The van der Waals surface area contributed by atoms with E-state index in [1.807, 2.05) is 48.8 Å². The number of nitrogens with two attached hydrogens (primary N) is 1. The molecule has 1 aromatic carbocycles. The molecule has 0 spiro atoms. The summed E-state index contributed by atoms with van der Waals surface area (Å²) in [6.45, 7) is 3.97. The number of para-hydroxylation sites is 1. The predicted octanol–water partition coefficient (Wildman–Crippen LogP) is 4.44. The van der Waals surface area contributed by atoms with Gasteiger partial charge >= 0.3 is 7.75 Å². The van der Waals surface area contributed by atoms with Gasteiger partial charge in [-0.05, 0) is 38.3 Å². The monoisotopic (exact) mass is 483 g/mol. The van der Waals surface area contributed by atoms with Crippen molar-refractivity contribution in [3.63, 3.8) is 0 Å². The minimum atomic E-state index is -3.62. The molecule has 1 fully saturated rings. The zero-order valence-corrected chi connectivity index (χ0v) is 20.2. The van der Waals surface area contributed by atoms with Crippen molar-refractivity contribution in [2.45, 2.75) is 63.8 Å². The number of nitrogens with one attached hydrogen (secondary N) is 2. The molecule has 3 aromatic rings. The van der Waals surface area contributed by atoms with Crippen LogP contribution in [0.25, 0.3) is 11.2 Å². The SMILES string of the molecule is CC[C@@H](C)NP(=O)(Oc1ccccc1)OC1C=CC(n2cnc3c(NC4CC4)nc(N)nc32)C1. The summed E-state index contributed by atoms with van der Waals surface area (Å²) < 4.78 is 27.5. The number of imidazole rings is 1. The maximum Gasteiger partial charge on any atom is 0.459 e. The molecule has 2 heterocycles. The minimum Gasteiger partial charge on any atom is -0.413 e. The van der Waals surface area contributed by atoms with Crippen LogP contribution in [0, 0.1) is 0 Å². The van der Waals surface area contributed by atoms with Gasteiger partial charge in [-0.15, -0.1) is 0 Å². The highest BCUT2D eigenvalue weighted by Crippen LogP contribution is 2.48. The van der Waals surface area contributed by atoms with Gasteiger partial charge in [0.1, 0.15) is 5.75 Å². The fraction of sp³-hybridized carbons (Fsp3) is 0.435. The largest absolute Gasteiger partial charge is 0.459 e. The molecule has 34 heavy (non-hydrogen) atoms. The summed E-state index contributed by atoms with van der Waals surface area (Å²) in [5.74, 6) is 1.35. The van der Waals surface area contributed by atoms with Crippen LogP contribution in [-0.4, -0.2) is 37.7 Å². The molecular weight excluding hydrogens is 453 g/mol. The van der Waals surface area contributed by atoms with Crippen LogP contribution >= 0.6 is 7.75 Å². The molecule has 11 heteroatoms. The van der Waals surface area contributed by atoms with Crippen LogP contribution in [0.15, 0.2) is 48.8 Å². The van der Waals surface area contributed by atoms with Crippen LogP contribution in [0.2, 0.25) is 0 Å². The number of fused-ring (bicyclic) bond motifs is 1. The second-order valence-corrected chi connectivity index (χ2v) is 10.5. The number of aromatic nitrogens is 4. The first-order valence-electron chi connectivity index (χ1n) is 11.7. The minimum absolute atomic E-state index is 0.0367. The number of anilines is 2. The zero-order valence-electron chi connectivity index (χ0n) is 19.3. The van der Waals surface area contributed by atoms with E-state index in [-0.39, 0.29) is 18.0 Å². The lowest BCUT2D eigenvalue weighted by molar-refractivity contribution is 0.196. The first kappa shape index (κ1) is 22.8. The second kappa shape index (κ2) is 9.37. The molecule has 3 unspecified atom stereocenters. The topological polar surface area (TPSA) is 129 Å². The van der Waals surface area contributed by atoms with Crippen LogP contribution in [0.5, 0.6) is 5.75 Å². The van der Waals surface area contributed by atoms with E-state index in [1.54, 1.807) is 18.5 Å². The molecule has 0 amide bonds. The van der Waals surface area contributed by atoms with Gasteiger partial charge in [0, 0.05) is 18.5 Å². The Morgan fingerprint density at radius 1 is 1.24 bits per heavy atom. The molecule has 2 aliphatic carbocycles. The van der Waals surface area contributed by atoms with Crippen molar-refractivity contribution in [3.05, 3.63) is 48.8 Å². The smallest absolute Gasteiger partial charge is 0.413 e. The lowest BCUT2D eigenvalue weighted by Crippen LogP contribution is -2.27. The summed E-state index contributed by atoms with van der Waals surface area (Å²) in [4.78, 5) is 13.3. The molecule has 5 rings (SSSR count). The van der Waals surface area contributed by atoms with Gasteiger partial charge in [0.15, 0.2) is 17.0 Å². The fourth-order valence-electron chi connectivity index (χ4n) is 3.87. The van der Waals surface area contributed by atoms with Crippen molar-refractivity contribution in [2.24, 2.45) is 0 Å². The Kier molecular flexibility index (Phi) is 6.29. The molecule has 4 N–H and O–H groups in total. The van der Waals surface area contributed by atoms with Crippen LogP contribution in [-0.2, 0) is 9.09 Å². The molecule has 0 radical (unpaired) electrons. The standard InChI is InChI=1S/C23H30N7O3P/c1-3-15(2)29-34(31,32-18-7-5-4-6-8-18)33-19-12-11-17(13-19)30-14-25-20-21(26-16-9-10-16)27-23(24)28-22(20)30/h4-8,11-12,14-17,19H,3,9-10,13H2,1-2H3,(H,29,31)(H3,24,26,27,28)/t15-,17?,19?,34?/m1/s1. The van der Waals surface area contributed by atoms with E-state index in [0.717, 1.165) is 19.3 Å². The van der Waals surface area contributed by atoms with Crippen molar-refractivity contribution in [1.29, 1.82) is 0 Å². The maximum absolute atomic E-state index is 13.7. The molecular formula is C23H30N7O3P. The van der Waals surface area contributed by atoms with E-state index in [2.05, 4.69) is 25.4 Å². The van der Waals surface area contributed by atoms with Crippen LogP contribution in [0.4, 0.5) is 11.8 Å². The Hall–Kier alpha value is -2.94. The molecule has 2 aromatic heterocycles. The van der Waals surface area contributed by atoms with Crippen LogP contribution < -0.4 is 20.7 Å². The van der Waals surface area contributed by atoms with E-state index >= 15 is 0 Å². The number of hydrogen-bond acceptors (Lipinski definition) is 8. The van der Waals surface area contributed by atoms with Gasteiger partial charge in [0.25, 0.3) is 0 Å². The van der Waals surface area contributed by atoms with E-state index in [0.29, 0.717) is 35.2 Å². The first-order valence-corrected chi connectivity index (χ1v) is 13.2. The van der Waals surface area contributed by atoms with Gasteiger partial charge in [-0.2, -0.15) is 9.97 Å². The van der Waals surface area contributed by atoms with E-state index in [4.69, 9.17) is 14.8 Å². The normalized spacial score (nSPS) is 22.5. The highest BCUT2D eigenvalue weighted by molar-refractivity contribution is 7.52. The number of benzene rings is 1. The van der Waals surface area contributed by atoms with Crippen molar-refractivity contribution in [1.82, 2.24) is 24.6 Å². The molecule has 0 bridgehead atoms. The zero-order chi connectivity index (χ0) is 23.7. The summed E-state index contributed by atoms with van der Waals surface area (Å²) in [7, 11) is -3.62. The van der Waals surface area contributed by atoms with E-state index < -0.39 is 13.9 Å². The van der Waals surface area contributed by atoms with Crippen LogP contribution in [0.1, 0.15) is 45.6 Å². The number of nitrogen functional groups attached to an aromatic ring is 1. The summed E-state index contributed by atoms with van der Waals surface area (Å²) in [6, 6.07) is 9.37. The Balaban J connectivity index is 1.33. The summed E-state index contributed by atoms with van der Waals surface area (Å²) >= 11 is 0. The lowest BCUT2D eigenvalue weighted by atomic mass is 10.2. The number of rotatable bonds is 10. The summed E-state index contributed by atoms with van der Waals surface area (Å²) in [6.07, 6.45) is 8.83. The third-order valence-electron chi connectivity index (χ3n) is 5.97. The van der Waals surface area contributed by atoms with E-state index in [1.165, 1.54) is 0 Å². The highest BCUT2D eigenvalue weighted by atomic mass is 31.2. The fourth-order valence-corrected chi connectivity index (χ4v) is 5.66. The third kappa shape index (κ3) is 5.09. The maximum atomic E-state index is 13.7. The molecule has 180 valence electrons. The number of hydrogen-bond donors (Lipinski definition) is 3. The Bertz CT molecular complexity index is 1230. The van der Waals surface area contributed by atoms with Crippen molar-refractivity contribution >= 4 is 30.7 Å². The Morgan fingerprint density at radius 2 is 2.03 bits per heavy atom. The molecule has 0 saturated heterocycles. The average molecular weight is 484 g/mol. The van der Waals surface area contributed by atoms with Gasteiger partial charge < -0.3 is 20.1 Å². The quantitative estimate of drug-likeness (QED) is 0.283. The number of allylic oxidation sites excluding steroid dienone is 1. The number of nitrogens with zero attached hydrogens (tertiary/aromatic N) is 4. The third-order valence-corrected chi connectivity index (χ3v) is 7.73. The molecule has 10 nitrogen and oxygen atoms in total. The van der Waals surface area contributed by atoms with Crippen LogP contribution in [0.3, 0.4) is 0 Å². The average Bonchev–Trinajstić information content (AvgIpc) is 3.33. The van der Waals surface area contributed by atoms with Crippen molar-refractivity contribution in [3.8, 4) is 5.75 Å². The van der Waals surface area contributed by atoms with Gasteiger partial charge in [-0.25, -0.2) is 14.6 Å². The molecule has 1 saturated carbocycles. The van der Waals surface area contributed by atoms with Gasteiger partial charge in [0.05, 0.1) is 18.5 Å². The molecule has 0 aliphatic heterocycles. The summed E-state index contributed by atoms with van der Waals surface area (Å²) in [5.41, 5.74) is 7.33. The lowest BCUT2D eigenvalue weighted by Gasteiger charge is -2.25. The van der Waals surface area contributed by atoms with Gasteiger partial charge in [0.2, 0.25) is 5.95 Å². The summed E-state index contributed by atoms with van der Waals surface area (Å²) in [5, 5.41) is 6.43. The van der Waals surface area contributed by atoms with Crippen molar-refractivity contribution < 1.29 is 13.6 Å². The molecule has 4 atom stereocenters. The molecule has 2 aliphatic rings.